The largest absolute Gasteiger partial charge is 0.497 e. The van der Waals surface area contributed by atoms with Crippen LogP contribution in [0.25, 0.3) is 0 Å². The van der Waals surface area contributed by atoms with Crippen molar-refractivity contribution in [2.45, 2.75) is 36.5 Å². The van der Waals surface area contributed by atoms with Gasteiger partial charge in [-0.2, -0.15) is 0 Å². The number of ether oxygens (including phenoxy) is 2. The number of carbonyl (C=O) groups is 2. The second kappa shape index (κ2) is 10.2. The van der Waals surface area contributed by atoms with Crippen LogP contribution in [0.5, 0.6) is 5.75 Å². The predicted octanol–water partition coefficient (Wildman–Crippen LogP) is 3.93. The summed E-state index contributed by atoms with van der Waals surface area (Å²) >= 11 is 1.57. The topological polar surface area (TPSA) is 59.1 Å². The Morgan fingerprint density at radius 3 is 2.45 bits per heavy atom. The fourth-order valence-electron chi connectivity index (χ4n) is 3.55. The number of hydrogen-bond acceptors (Lipinski definition) is 6. The lowest BCUT2D eigenvalue weighted by Crippen LogP contribution is -2.45. The van der Waals surface area contributed by atoms with Crippen LogP contribution >= 0.6 is 11.8 Å². The van der Waals surface area contributed by atoms with Crippen LogP contribution in [0.3, 0.4) is 0 Å². The van der Waals surface area contributed by atoms with Crippen LogP contribution in [-0.2, 0) is 20.7 Å². The number of likely N-dealkylation sites (N-methyl/N-ethyl adjacent to an activating group) is 1. The van der Waals surface area contributed by atoms with Gasteiger partial charge in [0, 0.05) is 24.9 Å². The van der Waals surface area contributed by atoms with Crippen LogP contribution < -0.4 is 9.64 Å². The van der Waals surface area contributed by atoms with Crippen LogP contribution in [-0.4, -0.2) is 57.2 Å². The number of methoxy groups -OCH3 is 1. The van der Waals surface area contributed by atoms with Crippen LogP contribution in [0.15, 0.2) is 47.4 Å². The third-order valence-corrected chi connectivity index (χ3v) is 6.62. The van der Waals surface area contributed by atoms with Gasteiger partial charge in [0.05, 0.1) is 18.0 Å². The summed E-state index contributed by atoms with van der Waals surface area (Å²) in [6.07, 6.45) is -0.0180. The Balaban J connectivity index is 2.11. The molecule has 2 atom stereocenters. The van der Waals surface area contributed by atoms with E-state index in [2.05, 4.69) is 19.1 Å². The highest BCUT2D eigenvalue weighted by Gasteiger charge is 2.40. The molecule has 0 N–H and O–H groups in total. The summed E-state index contributed by atoms with van der Waals surface area (Å²) in [5.74, 6) is 0.0672. The number of benzene rings is 2. The number of hydrogen-bond donors (Lipinski definition) is 0. The monoisotopic (exact) mass is 442 g/mol. The summed E-state index contributed by atoms with van der Waals surface area (Å²) in [6.45, 7) is 4.67. The standard InChI is InChI=1S/C24H30N2O4S/c1-6-17-7-12-20-21(15-17)31-23(18-8-10-19(29-5)11-9-18)22(30-16(2)27)24(28)26(20)14-13-25(3)4/h7-12,15,22-23H,6,13-14H2,1-5H3/t22-,23+/m0/s1. The molecule has 1 aliphatic rings. The van der Waals surface area contributed by atoms with Crippen molar-refractivity contribution >= 4 is 29.3 Å². The van der Waals surface area contributed by atoms with E-state index in [0.717, 1.165) is 28.3 Å². The summed E-state index contributed by atoms with van der Waals surface area (Å²) in [5, 5.41) is -0.363. The van der Waals surface area contributed by atoms with E-state index in [0.29, 0.717) is 13.1 Å². The lowest BCUT2D eigenvalue weighted by Gasteiger charge is -2.28. The Labute approximate surface area is 188 Å². The van der Waals surface area contributed by atoms with Crippen molar-refractivity contribution in [3.8, 4) is 5.75 Å². The molecule has 0 aromatic heterocycles. The zero-order valence-corrected chi connectivity index (χ0v) is 19.6. The zero-order chi connectivity index (χ0) is 22.5. The molecule has 7 heteroatoms. The number of carbonyl (C=O) groups excluding carboxylic acids is 2. The van der Waals surface area contributed by atoms with Gasteiger partial charge in [-0.25, -0.2) is 0 Å². The number of fused-ring (bicyclic) bond motifs is 1. The molecule has 0 radical (unpaired) electrons. The number of esters is 1. The first-order valence-corrected chi connectivity index (χ1v) is 11.3. The maximum absolute atomic E-state index is 13.7. The molecule has 0 aliphatic carbocycles. The van der Waals surface area contributed by atoms with Crippen molar-refractivity contribution in [2.24, 2.45) is 0 Å². The maximum atomic E-state index is 13.7. The number of amides is 1. The fraction of sp³-hybridized carbons (Fsp3) is 0.417. The van der Waals surface area contributed by atoms with Gasteiger partial charge in [-0.1, -0.05) is 25.1 Å². The minimum absolute atomic E-state index is 0.201. The highest BCUT2D eigenvalue weighted by molar-refractivity contribution is 7.99. The van der Waals surface area contributed by atoms with Crippen LogP contribution in [0, 0.1) is 0 Å². The average molecular weight is 443 g/mol. The summed E-state index contributed by atoms with van der Waals surface area (Å²) < 4.78 is 10.9. The number of thioether (sulfide) groups is 1. The van der Waals surface area contributed by atoms with Gasteiger partial charge in [-0.15, -0.1) is 11.8 Å². The van der Waals surface area contributed by atoms with E-state index in [1.165, 1.54) is 12.5 Å². The summed E-state index contributed by atoms with van der Waals surface area (Å²) in [7, 11) is 5.56. The SMILES string of the molecule is CCc1ccc2c(c1)S[C@H](c1ccc(OC)cc1)[C@H](OC(C)=O)C(=O)N2CCN(C)C. The summed E-state index contributed by atoms with van der Waals surface area (Å²) in [5.41, 5.74) is 2.97. The van der Waals surface area contributed by atoms with E-state index in [9.17, 15) is 9.59 Å². The lowest BCUT2D eigenvalue weighted by atomic mass is 10.1. The van der Waals surface area contributed by atoms with Gasteiger partial charge >= 0.3 is 5.97 Å². The summed E-state index contributed by atoms with van der Waals surface area (Å²) in [4.78, 5) is 30.5. The van der Waals surface area contributed by atoms with E-state index in [1.54, 1.807) is 23.8 Å². The molecule has 1 heterocycles. The average Bonchev–Trinajstić information content (AvgIpc) is 2.86. The first kappa shape index (κ1) is 23.2. The van der Waals surface area contributed by atoms with E-state index in [-0.39, 0.29) is 11.2 Å². The second-order valence-corrected chi connectivity index (χ2v) is 8.97. The molecule has 31 heavy (non-hydrogen) atoms. The van der Waals surface area contributed by atoms with Gasteiger partial charge < -0.3 is 19.3 Å². The Morgan fingerprint density at radius 2 is 1.87 bits per heavy atom. The molecule has 1 amide bonds. The Morgan fingerprint density at radius 1 is 1.16 bits per heavy atom. The van der Waals surface area contributed by atoms with E-state index >= 15 is 0 Å². The molecule has 0 spiro atoms. The third-order valence-electron chi connectivity index (χ3n) is 5.27. The number of anilines is 1. The third kappa shape index (κ3) is 5.40. The molecule has 0 saturated carbocycles. The first-order chi connectivity index (χ1) is 14.8. The van der Waals surface area contributed by atoms with Crippen molar-refractivity contribution in [3.63, 3.8) is 0 Å². The minimum Gasteiger partial charge on any atom is -0.497 e. The van der Waals surface area contributed by atoms with Gasteiger partial charge in [-0.3, -0.25) is 9.59 Å². The summed E-state index contributed by atoms with van der Waals surface area (Å²) in [6, 6.07) is 13.8. The van der Waals surface area contributed by atoms with Crippen molar-refractivity contribution in [1.29, 1.82) is 0 Å². The highest BCUT2D eigenvalue weighted by Crippen LogP contribution is 2.47. The Hall–Kier alpha value is -2.51. The first-order valence-electron chi connectivity index (χ1n) is 10.4. The molecular weight excluding hydrogens is 412 g/mol. The van der Waals surface area contributed by atoms with Crippen molar-refractivity contribution in [2.75, 3.05) is 39.2 Å². The molecule has 0 bridgehead atoms. The molecule has 0 fully saturated rings. The van der Waals surface area contributed by atoms with Gasteiger partial charge in [0.25, 0.3) is 5.91 Å². The lowest BCUT2D eigenvalue weighted by molar-refractivity contribution is -0.152. The molecule has 1 aliphatic heterocycles. The zero-order valence-electron chi connectivity index (χ0n) is 18.8. The van der Waals surface area contributed by atoms with Crippen molar-refractivity contribution in [3.05, 3.63) is 53.6 Å². The smallest absolute Gasteiger partial charge is 0.303 e. The normalized spacial score (nSPS) is 18.5. The van der Waals surface area contributed by atoms with E-state index in [4.69, 9.17) is 9.47 Å². The highest BCUT2D eigenvalue weighted by atomic mass is 32.2. The molecule has 0 unspecified atom stereocenters. The molecule has 6 nitrogen and oxygen atoms in total. The van der Waals surface area contributed by atoms with Gasteiger partial charge in [0.15, 0.2) is 6.10 Å². The molecular formula is C24H30N2O4S. The molecule has 0 saturated heterocycles. The molecule has 3 rings (SSSR count). The Kier molecular flexibility index (Phi) is 7.62. The van der Waals surface area contributed by atoms with Crippen LogP contribution in [0.2, 0.25) is 0 Å². The minimum atomic E-state index is -0.921. The fourth-order valence-corrected chi connectivity index (χ4v) is 4.94. The maximum Gasteiger partial charge on any atom is 0.303 e. The Bertz CT molecular complexity index is 930. The number of nitrogens with zero attached hydrogens (tertiary/aromatic N) is 2. The van der Waals surface area contributed by atoms with E-state index in [1.807, 2.05) is 49.3 Å². The second-order valence-electron chi connectivity index (χ2n) is 7.79. The number of aryl methyl sites for hydroxylation is 1. The van der Waals surface area contributed by atoms with E-state index < -0.39 is 12.1 Å². The molecule has 2 aromatic rings. The quantitative estimate of drug-likeness (QED) is 0.606. The number of rotatable bonds is 7. The van der Waals surface area contributed by atoms with Gasteiger partial charge in [-0.05, 0) is 55.9 Å². The predicted molar refractivity (Wildman–Crippen MR) is 124 cm³/mol. The molecule has 166 valence electrons. The van der Waals surface area contributed by atoms with Crippen LogP contribution in [0.1, 0.15) is 30.2 Å². The van der Waals surface area contributed by atoms with Crippen LogP contribution in [0.4, 0.5) is 5.69 Å². The van der Waals surface area contributed by atoms with Gasteiger partial charge in [0.2, 0.25) is 0 Å². The van der Waals surface area contributed by atoms with Crippen molar-refractivity contribution < 1.29 is 19.1 Å². The van der Waals surface area contributed by atoms with Crippen molar-refractivity contribution in [1.82, 2.24) is 4.90 Å². The molecule has 2 aromatic carbocycles. The van der Waals surface area contributed by atoms with Gasteiger partial charge in [0.1, 0.15) is 5.75 Å².